The summed E-state index contributed by atoms with van der Waals surface area (Å²) < 4.78 is 17.5. The molecule has 200 valence electrons. The molecule has 0 radical (unpaired) electrons. The molecule has 0 amide bonds. The van der Waals surface area contributed by atoms with E-state index in [4.69, 9.17) is 14.0 Å². The maximum absolute atomic E-state index is 11.6. The van der Waals surface area contributed by atoms with Crippen molar-refractivity contribution < 1.29 is 24.2 Å². The maximum atomic E-state index is 11.6. The average molecular weight is 521 g/mol. The Labute approximate surface area is 219 Å². The van der Waals surface area contributed by atoms with Crippen LogP contribution in [0.25, 0.3) is 11.1 Å². The average Bonchev–Trinajstić information content (AvgIpc) is 3.19. The van der Waals surface area contributed by atoms with E-state index >= 15 is 0 Å². The molecule has 4 aromatic rings. The fraction of sp³-hybridized carbons (Fsp3) is 0.310. The third-order valence-electron chi connectivity index (χ3n) is 6.38. The summed E-state index contributed by atoms with van der Waals surface area (Å²) >= 11 is 0. The molecule has 38 heavy (non-hydrogen) atoms. The molecule has 0 aliphatic heterocycles. The van der Waals surface area contributed by atoms with E-state index in [0.29, 0.717) is 18.1 Å². The molecule has 9 heteroatoms. The van der Waals surface area contributed by atoms with Gasteiger partial charge in [0.2, 0.25) is 0 Å². The monoisotopic (exact) mass is 520 g/mol. The van der Waals surface area contributed by atoms with Crippen molar-refractivity contribution >= 4 is 0 Å². The fourth-order valence-corrected chi connectivity index (χ4v) is 4.26. The van der Waals surface area contributed by atoms with Crippen molar-refractivity contribution in [2.45, 2.75) is 46.4 Å². The number of aliphatic hydroxyl groups excluding tert-OH is 1. The maximum Gasteiger partial charge on any atom is 0.440 e. The molecule has 1 unspecified atom stereocenters. The molecule has 1 aromatic heterocycles. The molecule has 3 aromatic carbocycles. The second-order valence-corrected chi connectivity index (χ2v) is 9.74. The van der Waals surface area contributed by atoms with E-state index in [0.717, 1.165) is 43.7 Å². The van der Waals surface area contributed by atoms with Crippen molar-refractivity contribution in [1.29, 1.82) is 0 Å². The number of ether oxygens (including phenoxy) is 2. The molecule has 9 nitrogen and oxygen atoms in total. The highest BCUT2D eigenvalue weighted by Crippen LogP contribution is 2.34. The summed E-state index contributed by atoms with van der Waals surface area (Å²) in [5, 5.41) is 19.3. The van der Waals surface area contributed by atoms with Gasteiger partial charge in [-0.15, -0.1) is 4.74 Å². The number of benzene rings is 3. The molecule has 0 spiro atoms. The number of aliphatic hydroxyl groups is 2. The quantitative estimate of drug-likeness (QED) is 0.292. The molecule has 0 aliphatic rings. The Bertz CT molecular complexity index is 1500. The summed E-state index contributed by atoms with van der Waals surface area (Å²) in [4.78, 5) is 24.8. The van der Waals surface area contributed by atoms with Crippen LogP contribution in [0.1, 0.15) is 34.7 Å². The van der Waals surface area contributed by atoms with E-state index < -0.39 is 17.0 Å². The van der Waals surface area contributed by atoms with Gasteiger partial charge in [0.15, 0.2) is 0 Å². The summed E-state index contributed by atoms with van der Waals surface area (Å²) in [7, 11) is 0. The first-order valence-electron chi connectivity index (χ1n) is 12.2. The Balaban J connectivity index is 1.47. The smallest absolute Gasteiger partial charge is 0.440 e. The van der Waals surface area contributed by atoms with Gasteiger partial charge < -0.3 is 24.2 Å². The molecular weight excluding hydrogens is 488 g/mol. The number of nitrogens with one attached hydrogen (secondary N) is 1. The predicted octanol–water partition coefficient (Wildman–Crippen LogP) is 3.47. The van der Waals surface area contributed by atoms with Gasteiger partial charge in [0, 0.05) is 0 Å². The van der Waals surface area contributed by atoms with E-state index in [1.54, 1.807) is 0 Å². The molecule has 0 aliphatic carbocycles. The Morgan fingerprint density at radius 2 is 1.66 bits per heavy atom. The molecule has 0 bridgehead atoms. The van der Waals surface area contributed by atoms with Crippen molar-refractivity contribution in [2.75, 3.05) is 13.2 Å². The molecule has 0 fully saturated rings. The van der Waals surface area contributed by atoms with Gasteiger partial charge in [-0.1, -0.05) is 30.3 Å². The molecule has 1 atom stereocenters. The predicted molar refractivity (Wildman–Crippen MR) is 143 cm³/mol. The minimum atomic E-state index is -1.30. The highest BCUT2D eigenvalue weighted by atomic mass is 16.5. The molecular formula is C29H32N2O7. The van der Waals surface area contributed by atoms with Gasteiger partial charge in [-0.3, -0.25) is 0 Å². The first-order chi connectivity index (χ1) is 18.1. The van der Waals surface area contributed by atoms with E-state index in [-0.39, 0.29) is 19.8 Å². The lowest BCUT2D eigenvalue weighted by Crippen LogP contribution is -2.36. The van der Waals surface area contributed by atoms with Crippen molar-refractivity contribution in [3.63, 3.8) is 0 Å². The minimum Gasteiger partial charge on any atom is -0.490 e. The first kappa shape index (κ1) is 27.0. The number of aromatic nitrogens is 2. The van der Waals surface area contributed by atoms with Crippen LogP contribution in [0.4, 0.5) is 0 Å². The summed E-state index contributed by atoms with van der Waals surface area (Å²) in [6.45, 7) is 7.78. The van der Waals surface area contributed by atoms with Gasteiger partial charge in [-0.2, -0.15) is 0 Å². The van der Waals surface area contributed by atoms with E-state index in [2.05, 4.69) is 18.0 Å². The summed E-state index contributed by atoms with van der Waals surface area (Å²) in [6, 6.07) is 17.3. The van der Waals surface area contributed by atoms with Crippen LogP contribution in [0.15, 0.2) is 68.7 Å². The van der Waals surface area contributed by atoms with E-state index in [1.165, 1.54) is 6.92 Å². The Hall–Kier alpha value is -4.08. The zero-order valence-corrected chi connectivity index (χ0v) is 21.9. The minimum absolute atomic E-state index is 0.00437. The molecule has 0 saturated heterocycles. The van der Waals surface area contributed by atoms with Gasteiger partial charge in [0.05, 0.1) is 13.2 Å². The Morgan fingerprint density at radius 1 is 0.974 bits per heavy atom. The second kappa shape index (κ2) is 11.1. The highest BCUT2D eigenvalue weighted by Gasteiger charge is 2.20. The van der Waals surface area contributed by atoms with Crippen molar-refractivity contribution in [1.82, 2.24) is 9.72 Å². The topological polar surface area (TPSA) is 127 Å². The Morgan fingerprint density at radius 3 is 2.26 bits per heavy atom. The van der Waals surface area contributed by atoms with Crippen LogP contribution in [0, 0.1) is 20.8 Å². The Kier molecular flexibility index (Phi) is 7.89. The summed E-state index contributed by atoms with van der Waals surface area (Å²) in [6.07, 6.45) is 0. The van der Waals surface area contributed by atoms with Gasteiger partial charge in [0.1, 0.15) is 30.3 Å². The van der Waals surface area contributed by atoms with Crippen molar-refractivity contribution in [3.05, 3.63) is 103 Å². The van der Waals surface area contributed by atoms with Gasteiger partial charge in [-0.05, 0) is 90.9 Å². The first-order valence-corrected chi connectivity index (χ1v) is 12.2. The lowest BCUT2D eigenvalue weighted by Gasteiger charge is -2.22. The van der Waals surface area contributed by atoms with Gasteiger partial charge in [-0.25, -0.2) is 14.6 Å². The number of aromatic amines is 1. The third-order valence-corrected chi connectivity index (χ3v) is 6.38. The normalized spacial score (nSPS) is 12.8. The molecule has 0 saturated carbocycles. The van der Waals surface area contributed by atoms with E-state index in [1.807, 2.05) is 62.4 Å². The fourth-order valence-electron chi connectivity index (χ4n) is 4.26. The molecule has 1 heterocycles. The van der Waals surface area contributed by atoms with E-state index in [9.17, 15) is 19.8 Å². The molecule has 3 N–H and O–H groups in total. The summed E-state index contributed by atoms with van der Waals surface area (Å²) in [5.74, 6) is 0.533. The lowest BCUT2D eigenvalue weighted by atomic mass is 9.90. The zero-order valence-electron chi connectivity index (χ0n) is 21.9. The van der Waals surface area contributed by atoms with Crippen LogP contribution >= 0.6 is 0 Å². The van der Waals surface area contributed by atoms with Crippen LogP contribution in [-0.2, 0) is 13.2 Å². The largest absolute Gasteiger partial charge is 0.490 e. The standard InChI is InChI=1S/C29H32N2O7/c1-18-12-24(37-17-29(4,35)16-32)13-19(2)26(18)25-7-5-6-22(20(25)3)15-36-23-10-8-21(9-11-23)14-31-27(33)30-28(34)38-31/h5-13,32,35H,14-17H2,1-4H3,(H,30,33,34). The van der Waals surface area contributed by atoms with Gasteiger partial charge in [0.25, 0.3) is 0 Å². The number of H-pyrrole nitrogens is 1. The zero-order chi connectivity index (χ0) is 27.4. The van der Waals surface area contributed by atoms with Crippen LogP contribution in [0.5, 0.6) is 11.5 Å². The highest BCUT2D eigenvalue weighted by molar-refractivity contribution is 5.75. The number of aryl methyl sites for hydroxylation is 2. The van der Waals surface area contributed by atoms with Crippen molar-refractivity contribution in [3.8, 4) is 22.6 Å². The third kappa shape index (κ3) is 6.24. The SMILES string of the molecule is Cc1cc(OCC(C)(O)CO)cc(C)c1-c1cccc(COc2ccc(Cn3oc(=O)[nH]c3=O)cc2)c1C. The molecule has 4 rings (SSSR count). The lowest BCUT2D eigenvalue weighted by molar-refractivity contribution is -0.0325. The van der Waals surface area contributed by atoms with Crippen LogP contribution < -0.4 is 20.9 Å². The number of rotatable bonds is 10. The van der Waals surface area contributed by atoms with Crippen molar-refractivity contribution in [2.24, 2.45) is 0 Å². The number of hydrogen-bond donors (Lipinski definition) is 3. The van der Waals surface area contributed by atoms with Gasteiger partial charge >= 0.3 is 11.4 Å². The second-order valence-electron chi connectivity index (χ2n) is 9.74. The van der Waals surface area contributed by atoms with Crippen LogP contribution in [-0.4, -0.2) is 38.8 Å². The summed E-state index contributed by atoms with van der Waals surface area (Å²) in [5.41, 5.74) is 5.34. The van der Waals surface area contributed by atoms with Crippen LogP contribution in [0.3, 0.4) is 0 Å². The number of nitrogens with zero attached hydrogens (tertiary/aromatic N) is 1. The number of hydrogen-bond acceptors (Lipinski definition) is 7. The van der Waals surface area contributed by atoms with Crippen LogP contribution in [0.2, 0.25) is 0 Å².